The van der Waals surface area contributed by atoms with E-state index in [-0.39, 0.29) is 0 Å². The summed E-state index contributed by atoms with van der Waals surface area (Å²) in [6, 6.07) is 0. The van der Waals surface area contributed by atoms with Crippen LogP contribution in [0.15, 0.2) is 0 Å². The molecule has 1 saturated carbocycles. The van der Waals surface area contributed by atoms with Crippen LogP contribution in [0, 0.1) is 17.3 Å². The van der Waals surface area contributed by atoms with Gasteiger partial charge in [0, 0.05) is 12.3 Å². The molecule has 94 valence electrons. The predicted molar refractivity (Wildman–Crippen MR) is 72.9 cm³/mol. The van der Waals surface area contributed by atoms with Gasteiger partial charge in [0.25, 0.3) is 0 Å². The molecule has 0 N–H and O–H groups in total. The molecule has 0 saturated heterocycles. The summed E-state index contributed by atoms with van der Waals surface area (Å²) in [6.07, 6.45) is 4.17. The van der Waals surface area contributed by atoms with Crippen molar-refractivity contribution in [2.24, 2.45) is 17.3 Å². The second-order valence-corrected chi connectivity index (χ2v) is 7.38. The lowest BCUT2D eigenvalue weighted by Gasteiger charge is -2.37. The van der Waals surface area contributed by atoms with Crippen molar-refractivity contribution in [2.45, 2.75) is 53.4 Å². The number of hydrogen-bond donors (Lipinski definition) is 0. The molecule has 1 rings (SSSR count). The molecule has 0 heterocycles. The molecule has 1 fully saturated rings. The molecule has 0 spiro atoms. The molecule has 2 atom stereocenters. The van der Waals surface area contributed by atoms with Crippen LogP contribution in [0.25, 0.3) is 0 Å². The van der Waals surface area contributed by atoms with Crippen molar-refractivity contribution in [1.29, 1.82) is 0 Å². The van der Waals surface area contributed by atoms with E-state index in [0.29, 0.717) is 17.1 Å². The minimum Gasteiger partial charge on any atom is -0.299 e. The van der Waals surface area contributed by atoms with Crippen LogP contribution < -0.4 is 0 Å². The van der Waals surface area contributed by atoms with Crippen molar-refractivity contribution in [3.05, 3.63) is 0 Å². The maximum absolute atomic E-state index is 11.9. The smallest absolute Gasteiger partial charge is 0.136 e. The van der Waals surface area contributed by atoms with E-state index in [1.807, 2.05) is 11.8 Å². The quantitative estimate of drug-likeness (QED) is 0.689. The Morgan fingerprint density at radius 3 is 2.62 bits per heavy atom. The lowest BCUT2D eigenvalue weighted by molar-refractivity contribution is -0.126. The minimum absolute atomic E-state index is 0.358. The predicted octanol–water partition coefficient (Wildman–Crippen LogP) is 4.16. The highest BCUT2D eigenvalue weighted by Gasteiger charge is 2.34. The van der Waals surface area contributed by atoms with Gasteiger partial charge in [-0.2, -0.15) is 11.8 Å². The number of rotatable bonds is 4. The van der Waals surface area contributed by atoms with Crippen LogP contribution in [0.1, 0.15) is 53.4 Å². The van der Waals surface area contributed by atoms with Gasteiger partial charge in [0.2, 0.25) is 0 Å². The SMILES string of the molecule is CCSCCC1CC(C(C)(C)C)CCC1=O. The minimum atomic E-state index is 0.358. The van der Waals surface area contributed by atoms with E-state index in [0.717, 1.165) is 37.4 Å². The molecule has 0 aromatic rings. The molecule has 0 radical (unpaired) electrons. The van der Waals surface area contributed by atoms with Crippen LogP contribution in [-0.4, -0.2) is 17.3 Å². The van der Waals surface area contributed by atoms with Crippen LogP contribution in [0.3, 0.4) is 0 Å². The van der Waals surface area contributed by atoms with Gasteiger partial charge < -0.3 is 0 Å². The van der Waals surface area contributed by atoms with E-state index in [9.17, 15) is 4.79 Å². The first-order valence-electron chi connectivity index (χ1n) is 6.55. The highest BCUT2D eigenvalue weighted by Crippen LogP contribution is 2.40. The fraction of sp³-hybridized carbons (Fsp3) is 0.929. The molecule has 0 amide bonds. The zero-order valence-corrected chi connectivity index (χ0v) is 12.0. The monoisotopic (exact) mass is 242 g/mol. The Morgan fingerprint density at radius 1 is 1.38 bits per heavy atom. The Morgan fingerprint density at radius 2 is 2.06 bits per heavy atom. The van der Waals surface area contributed by atoms with Gasteiger partial charge in [-0.3, -0.25) is 4.79 Å². The standard InChI is InChI=1S/C14H26OS/c1-5-16-9-8-11-10-12(14(2,3)4)6-7-13(11)15/h11-12H,5-10H2,1-4H3. The maximum atomic E-state index is 11.9. The van der Waals surface area contributed by atoms with Crippen molar-refractivity contribution in [3.63, 3.8) is 0 Å². The van der Waals surface area contributed by atoms with Crippen LogP contribution in [0.5, 0.6) is 0 Å². The molecule has 0 bridgehead atoms. The lowest BCUT2D eigenvalue weighted by atomic mass is 9.68. The largest absolute Gasteiger partial charge is 0.299 e. The summed E-state index contributed by atoms with van der Waals surface area (Å²) in [6.45, 7) is 9.12. The number of Topliss-reactive ketones (excluding diaryl/α,β-unsaturated/α-hetero) is 1. The van der Waals surface area contributed by atoms with Crippen molar-refractivity contribution >= 4 is 17.5 Å². The van der Waals surface area contributed by atoms with Gasteiger partial charge in [0.1, 0.15) is 5.78 Å². The van der Waals surface area contributed by atoms with Gasteiger partial charge in [-0.15, -0.1) is 0 Å². The Labute approximate surface area is 105 Å². The second kappa shape index (κ2) is 6.09. The van der Waals surface area contributed by atoms with E-state index in [1.165, 1.54) is 5.75 Å². The first-order chi connectivity index (χ1) is 7.45. The number of carbonyl (C=O) groups excluding carboxylic acids is 1. The zero-order chi connectivity index (χ0) is 12.2. The maximum Gasteiger partial charge on any atom is 0.136 e. The molecule has 0 aliphatic heterocycles. The molecule has 2 heteroatoms. The molecule has 1 aliphatic rings. The van der Waals surface area contributed by atoms with Crippen LogP contribution in [0.4, 0.5) is 0 Å². The highest BCUT2D eigenvalue weighted by molar-refractivity contribution is 7.99. The van der Waals surface area contributed by atoms with Crippen molar-refractivity contribution in [2.75, 3.05) is 11.5 Å². The summed E-state index contributed by atoms with van der Waals surface area (Å²) in [7, 11) is 0. The number of carbonyl (C=O) groups is 1. The average Bonchev–Trinajstić information content (AvgIpc) is 2.19. The summed E-state index contributed by atoms with van der Waals surface area (Å²) in [5.74, 6) is 3.95. The molecule has 0 aromatic heterocycles. The van der Waals surface area contributed by atoms with Crippen molar-refractivity contribution in [1.82, 2.24) is 0 Å². The van der Waals surface area contributed by atoms with Crippen LogP contribution in [0.2, 0.25) is 0 Å². The van der Waals surface area contributed by atoms with Crippen molar-refractivity contribution in [3.8, 4) is 0 Å². The van der Waals surface area contributed by atoms with E-state index in [4.69, 9.17) is 0 Å². The van der Waals surface area contributed by atoms with E-state index in [2.05, 4.69) is 27.7 Å². The van der Waals surface area contributed by atoms with Crippen molar-refractivity contribution < 1.29 is 4.79 Å². The number of hydrogen-bond acceptors (Lipinski definition) is 2. The molecule has 0 aromatic carbocycles. The van der Waals surface area contributed by atoms with Gasteiger partial charge in [0.05, 0.1) is 0 Å². The van der Waals surface area contributed by atoms with Gasteiger partial charge in [-0.05, 0) is 42.1 Å². The summed E-state index contributed by atoms with van der Waals surface area (Å²) in [4.78, 5) is 11.9. The second-order valence-electron chi connectivity index (χ2n) is 5.99. The Hall–Kier alpha value is 0.0200. The summed E-state index contributed by atoms with van der Waals surface area (Å²) in [5.41, 5.74) is 0.372. The molecular weight excluding hydrogens is 216 g/mol. The van der Waals surface area contributed by atoms with Gasteiger partial charge in [-0.25, -0.2) is 0 Å². The summed E-state index contributed by atoms with van der Waals surface area (Å²) >= 11 is 1.96. The summed E-state index contributed by atoms with van der Waals surface area (Å²) < 4.78 is 0. The topological polar surface area (TPSA) is 17.1 Å². The molecule has 1 nitrogen and oxygen atoms in total. The van der Waals surface area contributed by atoms with Crippen LogP contribution in [-0.2, 0) is 4.79 Å². The van der Waals surface area contributed by atoms with E-state index < -0.39 is 0 Å². The van der Waals surface area contributed by atoms with E-state index >= 15 is 0 Å². The highest BCUT2D eigenvalue weighted by atomic mass is 32.2. The van der Waals surface area contributed by atoms with Gasteiger partial charge in [0.15, 0.2) is 0 Å². The van der Waals surface area contributed by atoms with E-state index in [1.54, 1.807) is 0 Å². The molecule has 16 heavy (non-hydrogen) atoms. The lowest BCUT2D eigenvalue weighted by Crippen LogP contribution is -2.32. The van der Waals surface area contributed by atoms with Gasteiger partial charge in [-0.1, -0.05) is 27.7 Å². The molecular formula is C14H26OS. The summed E-state index contributed by atoms with van der Waals surface area (Å²) in [5, 5.41) is 0. The van der Waals surface area contributed by atoms with Gasteiger partial charge >= 0.3 is 0 Å². The fourth-order valence-electron chi connectivity index (χ4n) is 2.55. The number of ketones is 1. The first kappa shape index (κ1) is 14.1. The third-order valence-corrected chi connectivity index (χ3v) is 4.74. The third kappa shape index (κ3) is 4.12. The molecule has 1 aliphatic carbocycles. The Bertz CT molecular complexity index is 229. The normalized spacial score (nSPS) is 27.1. The third-order valence-electron chi connectivity index (χ3n) is 3.80. The Balaban J connectivity index is 2.45. The average molecular weight is 242 g/mol. The zero-order valence-electron chi connectivity index (χ0n) is 11.2. The fourth-order valence-corrected chi connectivity index (χ4v) is 3.29. The van der Waals surface area contributed by atoms with Crippen LogP contribution >= 0.6 is 11.8 Å². The first-order valence-corrected chi connectivity index (χ1v) is 7.71. The Kier molecular flexibility index (Phi) is 5.36. The molecule has 2 unspecified atom stereocenters. The number of thioether (sulfide) groups is 1.